The monoisotopic (exact) mass is 286 g/mol. The van der Waals surface area contributed by atoms with Crippen LogP contribution in [0.3, 0.4) is 0 Å². The minimum absolute atomic E-state index is 0.0860. The molecule has 106 valence electrons. The standard InChI is InChI=1S/C13H19ClN2O3/c1-9-3-4-10(14)5-12(9)16-13(18)6-15-11(7-17)8-19-2/h3-5,11,15,17H,6-8H2,1-2H3,(H,16,18). The van der Waals surface area contributed by atoms with E-state index in [-0.39, 0.29) is 25.1 Å². The third-order valence-electron chi connectivity index (χ3n) is 2.61. The molecule has 5 nitrogen and oxygen atoms in total. The maximum Gasteiger partial charge on any atom is 0.238 e. The molecule has 1 unspecified atom stereocenters. The van der Waals surface area contributed by atoms with Crippen LogP contribution in [0.5, 0.6) is 0 Å². The van der Waals surface area contributed by atoms with Gasteiger partial charge in [-0.1, -0.05) is 17.7 Å². The minimum atomic E-state index is -0.254. The molecule has 0 bridgehead atoms. The quantitative estimate of drug-likeness (QED) is 0.704. The summed E-state index contributed by atoms with van der Waals surface area (Å²) in [6.07, 6.45) is 0. The molecule has 0 aromatic heterocycles. The fourth-order valence-electron chi connectivity index (χ4n) is 1.54. The Morgan fingerprint density at radius 3 is 2.89 bits per heavy atom. The van der Waals surface area contributed by atoms with Gasteiger partial charge in [0.05, 0.1) is 25.8 Å². The molecule has 0 heterocycles. The Labute approximate surface area is 117 Å². The van der Waals surface area contributed by atoms with Crippen molar-refractivity contribution in [3.63, 3.8) is 0 Å². The first-order valence-corrected chi connectivity index (χ1v) is 6.33. The Bertz CT molecular complexity index is 426. The highest BCUT2D eigenvalue weighted by atomic mass is 35.5. The number of amides is 1. The molecule has 1 atom stereocenters. The molecule has 1 aromatic rings. The van der Waals surface area contributed by atoms with Crippen LogP contribution in [0.1, 0.15) is 5.56 Å². The van der Waals surface area contributed by atoms with Crippen molar-refractivity contribution in [3.05, 3.63) is 28.8 Å². The zero-order valence-corrected chi connectivity index (χ0v) is 11.8. The number of aliphatic hydroxyl groups is 1. The van der Waals surface area contributed by atoms with E-state index < -0.39 is 0 Å². The smallest absolute Gasteiger partial charge is 0.238 e. The van der Waals surface area contributed by atoms with Gasteiger partial charge in [0, 0.05) is 17.8 Å². The maximum absolute atomic E-state index is 11.8. The minimum Gasteiger partial charge on any atom is -0.395 e. The summed E-state index contributed by atoms with van der Waals surface area (Å²) in [5.74, 6) is -0.195. The summed E-state index contributed by atoms with van der Waals surface area (Å²) in [5.41, 5.74) is 1.62. The molecule has 1 rings (SSSR count). The van der Waals surface area contributed by atoms with Crippen molar-refractivity contribution in [3.8, 4) is 0 Å². The fourth-order valence-corrected chi connectivity index (χ4v) is 1.71. The maximum atomic E-state index is 11.8. The summed E-state index contributed by atoms with van der Waals surface area (Å²) in [5, 5.41) is 15.3. The molecule has 0 aliphatic carbocycles. The number of hydrogen-bond donors (Lipinski definition) is 3. The van der Waals surface area contributed by atoms with Crippen LogP contribution >= 0.6 is 11.6 Å². The lowest BCUT2D eigenvalue weighted by atomic mass is 10.2. The van der Waals surface area contributed by atoms with Gasteiger partial charge in [0.25, 0.3) is 0 Å². The number of aryl methyl sites for hydroxylation is 1. The highest BCUT2D eigenvalue weighted by Gasteiger charge is 2.10. The highest BCUT2D eigenvalue weighted by Crippen LogP contribution is 2.19. The number of aliphatic hydroxyl groups excluding tert-OH is 1. The summed E-state index contributed by atoms with van der Waals surface area (Å²) >= 11 is 5.87. The SMILES string of the molecule is COCC(CO)NCC(=O)Nc1cc(Cl)ccc1C. The second-order valence-electron chi connectivity index (χ2n) is 4.22. The van der Waals surface area contributed by atoms with E-state index in [1.807, 2.05) is 13.0 Å². The van der Waals surface area contributed by atoms with Crippen molar-refractivity contribution in [1.82, 2.24) is 5.32 Å². The number of rotatable bonds is 7. The highest BCUT2D eigenvalue weighted by molar-refractivity contribution is 6.31. The Morgan fingerprint density at radius 2 is 2.26 bits per heavy atom. The molecule has 6 heteroatoms. The summed E-state index contributed by atoms with van der Waals surface area (Å²) in [4.78, 5) is 11.8. The van der Waals surface area contributed by atoms with Gasteiger partial charge in [0.15, 0.2) is 0 Å². The van der Waals surface area contributed by atoms with Crippen molar-refractivity contribution in [2.75, 3.05) is 32.2 Å². The van der Waals surface area contributed by atoms with Gasteiger partial charge < -0.3 is 20.5 Å². The molecule has 0 aliphatic heterocycles. The van der Waals surface area contributed by atoms with Crippen molar-refractivity contribution in [1.29, 1.82) is 0 Å². The molecule has 0 saturated carbocycles. The molecular formula is C13H19ClN2O3. The molecule has 0 spiro atoms. The first-order chi connectivity index (χ1) is 9.06. The fraction of sp³-hybridized carbons (Fsp3) is 0.462. The van der Waals surface area contributed by atoms with Crippen molar-refractivity contribution < 1.29 is 14.6 Å². The lowest BCUT2D eigenvalue weighted by Crippen LogP contribution is -2.41. The van der Waals surface area contributed by atoms with E-state index in [1.54, 1.807) is 19.2 Å². The zero-order valence-electron chi connectivity index (χ0n) is 11.1. The van der Waals surface area contributed by atoms with Gasteiger partial charge in [-0.3, -0.25) is 4.79 Å². The van der Waals surface area contributed by atoms with Crippen LogP contribution in [-0.2, 0) is 9.53 Å². The number of nitrogens with one attached hydrogen (secondary N) is 2. The lowest BCUT2D eigenvalue weighted by molar-refractivity contribution is -0.115. The van der Waals surface area contributed by atoms with Gasteiger partial charge >= 0.3 is 0 Å². The van der Waals surface area contributed by atoms with Gasteiger partial charge in [0.2, 0.25) is 5.91 Å². The van der Waals surface area contributed by atoms with Crippen LogP contribution in [0.25, 0.3) is 0 Å². The van der Waals surface area contributed by atoms with Gasteiger partial charge in [0.1, 0.15) is 0 Å². The van der Waals surface area contributed by atoms with Gasteiger partial charge in [-0.2, -0.15) is 0 Å². The number of hydrogen-bond acceptors (Lipinski definition) is 4. The third-order valence-corrected chi connectivity index (χ3v) is 2.85. The average molecular weight is 287 g/mol. The molecule has 19 heavy (non-hydrogen) atoms. The molecule has 0 aliphatic rings. The van der Waals surface area contributed by atoms with E-state index in [1.165, 1.54) is 0 Å². The van der Waals surface area contributed by atoms with E-state index >= 15 is 0 Å². The van der Waals surface area contributed by atoms with Gasteiger partial charge in [-0.25, -0.2) is 0 Å². The van der Waals surface area contributed by atoms with E-state index in [9.17, 15) is 4.79 Å². The predicted molar refractivity (Wildman–Crippen MR) is 75.6 cm³/mol. The topological polar surface area (TPSA) is 70.6 Å². The van der Waals surface area contributed by atoms with Crippen LogP contribution in [-0.4, -0.2) is 43.9 Å². The van der Waals surface area contributed by atoms with Gasteiger partial charge in [-0.15, -0.1) is 0 Å². The normalized spacial score (nSPS) is 12.2. The molecule has 1 amide bonds. The number of carbonyl (C=O) groups is 1. The molecule has 0 saturated heterocycles. The number of methoxy groups -OCH3 is 1. The van der Waals surface area contributed by atoms with Gasteiger partial charge in [-0.05, 0) is 24.6 Å². The van der Waals surface area contributed by atoms with Crippen molar-refractivity contribution in [2.24, 2.45) is 0 Å². The van der Waals surface area contributed by atoms with E-state index in [4.69, 9.17) is 21.4 Å². The average Bonchev–Trinajstić information content (AvgIpc) is 2.39. The second kappa shape index (κ2) is 8.12. The van der Waals surface area contributed by atoms with Crippen LogP contribution in [0, 0.1) is 6.92 Å². The Balaban J connectivity index is 2.48. The largest absolute Gasteiger partial charge is 0.395 e. The van der Waals surface area contributed by atoms with E-state index in [0.717, 1.165) is 5.56 Å². The molecule has 3 N–H and O–H groups in total. The number of ether oxygens (including phenoxy) is 1. The lowest BCUT2D eigenvalue weighted by Gasteiger charge is -2.15. The summed E-state index contributed by atoms with van der Waals surface area (Å²) in [6.45, 7) is 2.25. The molecule has 0 radical (unpaired) electrons. The Morgan fingerprint density at radius 1 is 1.53 bits per heavy atom. The summed E-state index contributed by atoms with van der Waals surface area (Å²) < 4.78 is 4.91. The number of anilines is 1. The van der Waals surface area contributed by atoms with E-state index in [0.29, 0.717) is 17.3 Å². The zero-order chi connectivity index (χ0) is 14.3. The van der Waals surface area contributed by atoms with E-state index in [2.05, 4.69) is 10.6 Å². The molecule has 1 aromatic carbocycles. The predicted octanol–water partition coefficient (Wildman–Crippen LogP) is 1.18. The number of halogens is 1. The third kappa shape index (κ3) is 5.57. The Kier molecular flexibility index (Phi) is 6.80. The first-order valence-electron chi connectivity index (χ1n) is 5.96. The Hall–Kier alpha value is -1.14. The van der Waals surface area contributed by atoms with Crippen LogP contribution in [0.2, 0.25) is 5.02 Å². The molecule has 0 fully saturated rings. The summed E-state index contributed by atoms with van der Waals surface area (Å²) in [7, 11) is 1.54. The molecular weight excluding hydrogens is 268 g/mol. The van der Waals surface area contributed by atoms with Crippen LogP contribution in [0.4, 0.5) is 5.69 Å². The van der Waals surface area contributed by atoms with Crippen molar-refractivity contribution >= 4 is 23.2 Å². The number of benzene rings is 1. The summed E-state index contributed by atoms with van der Waals surface area (Å²) in [6, 6.07) is 5.06. The number of carbonyl (C=O) groups excluding carboxylic acids is 1. The second-order valence-corrected chi connectivity index (χ2v) is 4.66. The van der Waals surface area contributed by atoms with Crippen LogP contribution < -0.4 is 10.6 Å². The van der Waals surface area contributed by atoms with Crippen molar-refractivity contribution in [2.45, 2.75) is 13.0 Å². The van der Waals surface area contributed by atoms with Crippen LogP contribution in [0.15, 0.2) is 18.2 Å². The first kappa shape index (κ1) is 15.9.